The summed E-state index contributed by atoms with van der Waals surface area (Å²) in [6.07, 6.45) is 4.14. The van der Waals surface area contributed by atoms with Gasteiger partial charge in [-0.3, -0.25) is 9.78 Å². The molecule has 6 nitrogen and oxygen atoms in total. The van der Waals surface area contributed by atoms with Crippen LogP contribution in [0.5, 0.6) is 0 Å². The number of aromatic nitrogens is 3. The lowest BCUT2D eigenvalue weighted by molar-refractivity contribution is -0.145. The Morgan fingerprint density at radius 1 is 1.33 bits per heavy atom. The first-order valence-electron chi connectivity index (χ1n) is 8.20. The number of aliphatic imine (C=N–C) groups is 1. The molecule has 6 heteroatoms. The van der Waals surface area contributed by atoms with E-state index in [9.17, 15) is 4.79 Å². The Balaban J connectivity index is 2.17. The number of rotatable bonds is 7. The summed E-state index contributed by atoms with van der Waals surface area (Å²) in [5, 5.41) is 4.47. The number of carbonyl (C=O) groups excluding carboxylic acids is 1. The Morgan fingerprint density at radius 2 is 2.12 bits per heavy atom. The maximum atomic E-state index is 11.9. The Hall–Kier alpha value is -2.50. The minimum atomic E-state index is -0.338. The third-order valence-electron chi connectivity index (χ3n) is 3.60. The van der Waals surface area contributed by atoms with Crippen molar-refractivity contribution in [1.29, 1.82) is 0 Å². The van der Waals surface area contributed by atoms with Crippen LogP contribution in [0.1, 0.15) is 37.2 Å². The molecule has 2 rings (SSSR count). The van der Waals surface area contributed by atoms with Crippen LogP contribution in [0.2, 0.25) is 0 Å². The number of esters is 1. The fraction of sp³-hybridized carbons (Fsp3) is 0.444. The van der Waals surface area contributed by atoms with Crippen molar-refractivity contribution in [1.82, 2.24) is 14.8 Å². The number of hydrogen-bond acceptors (Lipinski definition) is 5. The molecule has 0 aliphatic heterocycles. The summed E-state index contributed by atoms with van der Waals surface area (Å²) in [4.78, 5) is 20.6. The molecule has 0 aliphatic rings. The summed E-state index contributed by atoms with van der Waals surface area (Å²) in [6, 6.07) is 5.90. The van der Waals surface area contributed by atoms with Crippen molar-refractivity contribution in [3.8, 4) is 0 Å². The molecule has 0 aromatic carbocycles. The van der Waals surface area contributed by atoms with Crippen molar-refractivity contribution >= 4 is 18.0 Å². The van der Waals surface area contributed by atoms with Crippen molar-refractivity contribution in [3.05, 3.63) is 41.3 Å². The zero-order valence-electron chi connectivity index (χ0n) is 14.7. The highest BCUT2D eigenvalue weighted by molar-refractivity contribution is 5.90. The van der Waals surface area contributed by atoms with Gasteiger partial charge in [0.05, 0.1) is 24.8 Å². The van der Waals surface area contributed by atoms with Gasteiger partial charge in [-0.2, -0.15) is 5.10 Å². The lowest BCUT2D eigenvalue weighted by Crippen LogP contribution is -2.18. The van der Waals surface area contributed by atoms with Crippen LogP contribution in [0.4, 0.5) is 5.82 Å². The van der Waals surface area contributed by atoms with E-state index < -0.39 is 0 Å². The topological polar surface area (TPSA) is 69.4 Å². The second-order valence-electron chi connectivity index (χ2n) is 5.65. The van der Waals surface area contributed by atoms with Crippen LogP contribution in [0.3, 0.4) is 0 Å². The lowest BCUT2D eigenvalue weighted by Gasteiger charge is -2.08. The van der Waals surface area contributed by atoms with E-state index in [2.05, 4.69) is 15.1 Å². The average Bonchev–Trinajstić information content (AvgIpc) is 2.90. The Labute approximate surface area is 142 Å². The maximum Gasteiger partial charge on any atom is 0.314 e. The fourth-order valence-electron chi connectivity index (χ4n) is 2.27. The first kappa shape index (κ1) is 17.8. The van der Waals surface area contributed by atoms with E-state index in [1.807, 2.05) is 49.8 Å². The molecule has 0 saturated carbocycles. The van der Waals surface area contributed by atoms with Gasteiger partial charge >= 0.3 is 5.97 Å². The first-order valence-corrected chi connectivity index (χ1v) is 8.20. The molecule has 0 aliphatic carbocycles. The predicted molar refractivity (Wildman–Crippen MR) is 93.6 cm³/mol. The quantitative estimate of drug-likeness (QED) is 0.578. The standard InChI is InChI=1S/C18H24N4O2/c1-5-16(18(23)24-6-2)11-20-17-9-14(4)21-22(17)12-15-8-7-13(3)19-10-15/h7-11,16H,5-6,12H2,1-4H3/b20-11+. The highest BCUT2D eigenvalue weighted by Gasteiger charge is 2.15. The molecular weight excluding hydrogens is 304 g/mol. The van der Waals surface area contributed by atoms with E-state index in [0.29, 0.717) is 19.6 Å². The minimum Gasteiger partial charge on any atom is -0.465 e. The summed E-state index contributed by atoms with van der Waals surface area (Å²) in [7, 11) is 0. The minimum absolute atomic E-state index is 0.241. The molecule has 1 atom stereocenters. The first-order chi connectivity index (χ1) is 11.5. The molecular formula is C18H24N4O2. The summed E-state index contributed by atoms with van der Waals surface area (Å²) >= 11 is 0. The van der Waals surface area contributed by atoms with E-state index >= 15 is 0 Å². The van der Waals surface area contributed by atoms with Crippen molar-refractivity contribution in [2.75, 3.05) is 6.61 Å². The van der Waals surface area contributed by atoms with Gasteiger partial charge in [0.2, 0.25) is 0 Å². The number of nitrogens with zero attached hydrogens (tertiary/aromatic N) is 4. The van der Waals surface area contributed by atoms with Crippen LogP contribution in [0.15, 0.2) is 29.4 Å². The second kappa shape index (κ2) is 8.38. The number of hydrogen-bond donors (Lipinski definition) is 0. The Bertz CT molecular complexity index is 704. The number of carbonyl (C=O) groups is 1. The van der Waals surface area contributed by atoms with Crippen LogP contribution >= 0.6 is 0 Å². The Kier molecular flexibility index (Phi) is 6.23. The SMILES string of the molecule is CCOC(=O)C(/C=N/c1cc(C)nn1Cc1ccc(C)nc1)CC. The Morgan fingerprint density at radius 3 is 2.75 bits per heavy atom. The highest BCUT2D eigenvalue weighted by atomic mass is 16.5. The fourth-order valence-corrected chi connectivity index (χ4v) is 2.27. The van der Waals surface area contributed by atoms with E-state index in [0.717, 1.165) is 22.8 Å². The molecule has 0 spiro atoms. The normalized spacial score (nSPS) is 12.5. The molecule has 0 radical (unpaired) electrons. The van der Waals surface area contributed by atoms with Gasteiger partial charge in [-0.05, 0) is 38.8 Å². The van der Waals surface area contributed by atoms with Gasteiger partial charge in [-0.1, -0.05) is 13.0 Å². The molecule has 24 heavy (non-hydrogen) atoms. The van der Waals surface area contributed by atoms with Gasteiger partial charge in [-0.25, -0.2) is 9.67 Å². The summed E-state index contributed by atoms with van der Waals surface area (Å²) in [5.74, 6) is 0.139. The van der Waals surface area contributed by atoms with E-state index in [4.69, 9.17) is 4.74 Å². The van der Waals surface area contributed by atoms with Crippen molar-refractivity contribution < 1.29 is 9.53 Å². The van der Waals surface area contributed by atoms with Crippen LogP contribution in [-0.4, -0.2) is 33.6 Å². The van der Waals surface area contributed by atoms with E-state index in [-0.39, 0.29) is 11.9 Å². The van der Waals surface area contributed by atoms with Crippen LogP contribution < -0.4 is 0 Å². The largest absolute Gasteiger partial charge is 0.465 e. The molecule has 0 N–H and O–H groups in total. The third-order valence-corrected chi connectivity index (χ3v) is 3.60. The second-order valence-corrected chi connectivity index (χ2v) is 5.65. The van der Waals surface area contributed by atoms with E-state index in [1.54, 1.807) is 13.1 Å². The molecule has 2 heterocycles. The van der Waals surface area contributed by atoms with Crippen LogP contribution in [0, 0.1) is 19.8 Å². The third kappa shape index (κ3) is 4.75. The summed E-state index contributed by atoms with van der Waals surface area (Å²) < 4.78 is 6.88. The highest BCUT2D eigenvalue weighted by Crippen LogP contribution is 2.17. The number of aryl methyl sites for hydroxylation is 2. The predicted octanol–water partition coefficient (Wildman–Crippen LogP) is 3.23. The molecule has 2 aromatic heterocycles. The molecule has 0 saturated heterocycles. The van der Waals surface area contributed by atoms with Crippen molar-refractivity contribution in [2.45, 2.75) is 40.7 Å². The smallest absolute Gasteiger partial charge is 0.314 e. The molecule has 0 amide bonds. The number of pyridine rings is 1. The zero-order valence-corrected chi connectivity index (χ0v) is 14.7. The number of ether oxygens (including phenoxy) is 1. The van der Waals surface area contributed by atoms with Gasteiger partial charge in [0, 0.05) is 24.2 Å². The van der Waals surface area contributed by atoms with Gasteiger partial charge in [0.15, 0.2) is 5.82 Å². The maximum absolute atomic E-state index is 11.9. The molecule has 128 valence electrons. The molecule has 1 unspecified atom stereocenters. The van der Waals surface area contributed by atoms with Gasteiger partial charge < -0.3 is 4.74 Å². The zero-order chi connectivity index (χ0) is 17.5. The molecule has 0 fully saturated rings. The van der Waals surface area contributed by atoms with Gasteiger partial charge in [-0.15, -0.1) is 0 Å². The summed E-state index contributed by atoms with van der Waals surface area (Å²) in [5.41, 5.74) is 2.91. The monoisotopic (exact) mass is 328 g/mol. The van der Waals surface area contributed by atoms with Crippen LogP contribution in [0.25, 0.3) is 0 Å². The summed E-state index contributed by atoms with van der Waals surface area (Å²) in [6.45, 7) is 8.58. The molecule has 2 aromatic rings. The van der Waals surface area contributed by atoms with Gasteiger partial charge in [0.1, 0.15) is 0 Å². The van der Waals surface area contributed by atoms with Crippen LogP contribution in [-0.2, 0) is 16.1 Å². The van der Waals surface area contributed by atoms with Gasteiger partial charge in [0.25, 0.3) is 0 Å². The van der Waals surface area contributed by atoms with E-state index in [1.165, 1.54) is 0 Å². The van der Waals surface area contributed by atoms with Crippen molar-refractivity contribution in [3.63, 3.8) is 0 Å². The molecule has 0 bridgehead atoms. The lowest BCUT2D eigenvalue weighted by atomic mass is 10.1. The average molecular weight is 328 g/mol. The van der Waals surface area contributed by atoms with Crippen molar-refractivity contribution in [2.24, 2.45) is 10.9 Å².